The highest BCUT2D eigenvalue weighted by molar-refractivity contribution is 14.0. The molecule has 1 aromatic carbocycles. The quantitative estimate of drug-likeness (QED) is 0.278. The number of fused-ring (bicyclic) bond motifs is 1. The summed E-state index contributed by atoms with van der Waals surface area (Å²) in [5, 5.41) is 6.48. The lowest BCUT2D eigenvalue weighted by molar-refractivity contribution is -0.0505. The Morgan fingerprint density at radius 3 is 2.59 bits per heavy atom. The molecule has 2 N–H and O–H groups in total. The fourth-order valence-corrected chi connectivity index (χ4v) is 3.16. The summed E-state index contributed by atoms with van der Waals surface area (Å²) in [5.74, 6) is 1.58. The zero-order valence-electron chi connectivity index (χ0n) is 16.7. The Kier molecular flexibility index (Phi) is 9.47. The fourth-order valence-electron chi connectivity index (χ4n) is 3.16. The number of hydrogen-bond acceptors (Lipinski definition) is 5. The van der Waals surface area contributed by atoms with Crippen LogP contribution >= 0.6 is 24.0 Å². The first-order chi connectivity index (χ1) is 13.6. The van der Waals surface area contributed by atoms with E-state index in [0.717, 1.165) is 19.6 Å². The largest absolute Gasteiger partial charge is 0.454 e. The zero-order chi connectivity index (χ0) is 19.9. The third kappa shape index (κ3) is 7.02. The molecule has 0 atom stereocenters. The number of nitrogens with zero attached hydrogens (tertiary/aromatic N) is 2. The Bertz CT molecular complexity index is 690. The number of guanidine groups is 1. The first kappa shape index (κ1) is 23.7. The molecule has 164 valence electrons. The van der Waals surface area contributed by atoms with Gasteiger partial charge in [0, 0.05) is 37.3 Å². The van der Waals surface area contributed by atoms with Crippen LogP contribution in [0.5, 0.6) is 17.2 Å². The summed E-state index contributed by atoms with van der Waals surface area (Å²) >= 11 is 0. The first-order valence-electron chi connectivity index (χ1n) is 9.74. The Labute approximate surface area is 187 Å². The zero-order valence-corrected chi connectivity index (χ0v) is 19.1. The molecule has 1 heterocycles. The van der Waals surface area contributed by atoms with Gasteiger partial charge in [0.15, 0.2) is 17.5 Å². The van der Waals surface area contributed by atoms with Gasteiger partial charge in [-0.1, -0.05) is 6.92 Å². The molecule has 10 heteroatoms. The van der Waals surface area contributed by atoms with Crippen LogP contribution in [0.4, 0.5) is 8.78 Å². The lowest BCUT2D eigenvalue weighted by Crippen LogP contribution is -2.42. The molecule has 0 amide bonds. The van der Waals surface area contributed by atoms with E-state index in [1.165, 1.54) is 18.9 Å². The standard InChI is InChI=1S/C19H28F2N4O3.HI/c1-3-22-19(23-7-8-25(4-2)14-5-6-14)24-11-13-9-16-17(27-12-26-16)10-15(13)28-18(20)21;/h9-10,14,18H,3-8,11-12H2,1-2H3,(H2,22,23,24);1H. The molecule has 29 heavy (non-hydrogen) atoms. The molecule has 0 bridgehead atoms. The Morgan fingerprint density at radius 2 is 1.97 bits per heavy atom. The predicted molar refractivity (Wildman–Crippen MR) is 118 cm³/mol. The van der Waals surface area contributed by atoms with Crippen LogP contribution in [0.15, 0.2) is 17.1 Å². The van der Waals surface area contributed by atoms with E-state index in [1.807, 2.05) is 6.92 Å². The molecule has 1 aromatic rings. The average Bonchev–Trinajstić information content (AvgIpc) is 3.40. The van der Waals surface area contributed by atoms with E-state index in [-0.39, 0.29) is 43.1 Å². The smallest absolute Gasteiger partial charge is 0.387 e. The summed E-state index contributed by atoms with van der Waals surface area (Å²) in [5.41, 5.74) is 0.509. The molecule has 1 saturated carbocycles. The van der Waals surface area contributed by atoms with E-state index >= 15 is 0 Å². The predicted octanol–water partition coefficient (Wildman–Crippen LogP) is 3.17. The van der Waals surface area contributed by atoms with Crippen molar-refractivity contribution in [3.63, 3.8) is 0 Å². The van der Waals surface area contributed by atoms with E-state index in [4.69, 9.17) is 9.47 Å². The minimum absolute atomic E-state index is 0. The lowest BCUT2D eigenvalue weighted by atomic mass is 10.1. The highest BCUT2D eigenvalue weighted by atomic mass is 127. The molecule has 1 aliphatic carbocycles. The maximum absolute atomic E-state index is 12.8. The second-order valence-corrected chi connectivity index (χ2v) is 6.67. The van der Waals surface area contributed by atoms with Gasteiger partial charge in [-0.05, 0) is 32.4 Å². The van der Waals surface area contributed by atoms with Crippen molar-refractivity contribution >= 4 is 29.9 Å². The Balaban J connectivity index is 0.00000300. The average molecular weight is 526 g/mol. The SMILES string of the molecule is CCNC(=NCc1cc2c(cc1OC(F)F)OCO2)NCCN(CC)C1CC1.I. The van der Waals surface area contributed by atoms with E-state index in [9.17, 15) is 8.78 Å². The minimum Gasteiger partial charge on any atom is -0.454 e. The van der Waals surface area contributed by atoms with Crippen molar-refractivity contribution in [1.29, 1.82) is 0 Å². The van der Waals surface area contributed by atoms with Crippen molar-refractivity contribution in [3.05, 3.63) is 17.7 Å². The molecule has 2 aliphatic rings. The molecular weight excluding hydrogens is 497 g/mol. The molecule has 0 unspecified atom stereocenters. The normalized spacial score (nSPS) is 15.4. The molecule has 0 aromatic heterocycles. The number of benzene rings is 1. The molecule has 0 spiro atoms. The molecule has 1 fully saturated rings. The highest BCUT2D eigenvalue weighted by Crippen LogP contribution is 2.39. The van der Waals surface area contributed by atoms with Gasteiger partial charge in [0.1, 0.15) is 5.75 Å². The minimum atomic E-state index is -2.92. The van der Waals surface area contributed by atoms with Gasteiger partial charge in [-0.25, -0.2) is 4.99 Å². The number of ether oxygens (including phenoxy) is 3. The lowest BCUT2D eigenvalue weighted by Gasteiger charge is -2.20. The summed E-state index contributed by atoms with van der Waals surface area (Å²) in [7, 11) is 0. The van der Waals surface area contributed by atoms with Crippen LogP contribution in [0.1, 0.15) is 32.3 Å². The summed E-state index contributed by atoms with van der Waals surface area (Å²) in [4.78, 5) is 6.96. The molecule has 7 nitrogen and oxygen atoms in total. The topological polar surface area (TPSA) is 67.4 Å². The van der Waals surface area contributed by atoms with Crippen molar-refractivity contribution in [2.75, 3.05) is 33.0 Å². The summed E-state index contributed by atoms with van der Waals surface area (Å²) in [6.45, 7) is 4.90. The summed E-state index contributed by atoms with van der Waals surface area (Å²) in [6.07, 6.45) is 2.55. The van der Waals surface area contributed by atoms with E-state index < -0.39 is 6.61 Å². The Morgan fingerprint density at radius 1 is 1.24 bits per heavy atom. The van der Waals surface area contributed by atoms with Crippen molar-refractivity contribution in [3.8, 4) is 17.2 Å². The van der Waals surface area contributed by atoms with Gasteiger partial charge in [0.25, 0.3) is 0 Å². The van der Waals surface area contributed by atoms with E-state index in [0.29, 0.717) is 35.6 Å². The van der Waals surface area contributed by atoms with Crippen molar-refractivity contribution in [2.24, 2.45) is 4.99 Å². The molecule has 0 saturated heterocycles. The van der Waals surface area contributed by atoms with Gasteiger partial charge in [-0.2, -0.15) is 8.78 Å². The second kappa shape index (κ2) is 11.6. The molecule has 0 radical (unpaired) electrons. The number of alkyl halides is 2. The van der Waals surface area contributed by atoms with Crippen LogP contribution in [0.25, 0.3) is 0 Å². The second-order valence-electron chi connectivity index (χ2n) is 6.67. The van der Waals surface area contributed by atoms with Crippen LogP contribution in [0, 0.1) is 0 Å². The van der Waals surface area contributed by atoms with E-state index in [2.05, 4.69) is 32.2 Å². The molecular formula is C19H29F2IN4O3. The van der Waals surface area contributed by atoms with Crippen molar-refractivity contribution in [2.45, 2.75) is 45.9 Å². The molecule has 1 aliphatic heterocycles. The van der Waals surface area contributed by atoms with Gasteiger partial charge in [0.2, 0.25) is 6.79 Å². The Hall–Kier alpha value is -1.56. The number of likely N-dealkylation sites (N-methyl/N-ethyl adjacent to an activating group) is 1. The maximum Gasteiger partial charge on any atom is 0.387 e. The van der Waals surface area contributed by atoms with Crippen LogP contribution in [0.3, 0.4) is 0 Å². The van der Waals surface area contributed by atoms with Crippen LogP contribution < -0.4 is 24.8 Å². The first-order valence-corrected chi connectivity index (χ1v) is 9.74. The fraction of sp³-hybridized carbons (Fsp3) is 0.632. The number of nitrogens with one attached hydrogen (secondary N) is 2. The molecule has 3 rings (SSSR count). The van der Waals surface area contributed by atoms with Gasteiger partial charge in [-0.3, -0.25) is 4.90 Å². The summed E-state index contributed by atoms with van der Waals surface area (Å²) < 4.78 is 40.7. The number of hydrogen-bond donors (Lipinski definition) is 2. The van der Waals surface area contributed by atoms with Crippen LogP contribution in [-0.2, 0) is 6.54 Å². The van der Waals surface area contributed by atoms with Crippen LogP contribution in [0.2, 0.25) is 0 Å². The van der Waals surface area contributed by atoms with Gasteiger partial charge in [-0.15, -0.1) is 24.0 Å². The number of aliphatic imine (C=N–C) groups is 1. The van der Waals surface area contributed by atoms with Crippen molar-refractivity contribution in [1.82, 2.24) is 15.5 Å². The third-order valence-corrected chi connectivity index (χ3v) is 4.68. The van der Waals surface area contributed by atoms with Crippen LogP contribution in [-0.4, -0.2) is 56.5 Å². The van der Waals surface area contributed by atoms with Crippen molar-refractivity contribution < 1.29 is 23.0 Å². The van der Waals surface area contributed by atoms with Gasteiger partial charge < -0.3 is 24.8 Å². The van der Waals surface area contributed by atoms with Gasteiger partial charge in [0.05, 0.1) is 6.54 Å². The summed E-state index contributed by atoms with van der Waals surface area (Å²) in [6, 6.07) is 3.78. The monoisotopic (exact) mass is 526 g/mol. The third-order valence-electron chi connectivity index (χ3n) is 4.68. The number of rotatable bonds is 10. The van der Waals surface area contributed by atoms with E-state index in [1.54, 1.807) is 6.07 Å². The maximum atomic E-state index is 12.8. The number of halogens is 3. The highest BCUT2D eigenvalue weighted by Gasteiger charge is 2.27. The van der Waals surface area contributed by atoms with Gasteiger partial charge >= 0.3 is 6.61 Å².